The van der Waals surface area contributed by atoms with E-state index in [0.29, 0.717) is 32.7 Å². The molecule has 0 aromatic heterocycles. The minimum absolute atomic E-state index is 0.00491. The van der Waals surface area contributed by atoms with Gasteiger partial charge in [-0.3, -0.25) is 19.2 Å². The number of carboxylic acid groups (broad SMARTS) is 1. The summed E-state index contributed by atoms with van der Waals surface area (Å²) in [6.07, 6.45) is 5.14. The van der Waals surface area contributed by atoms with E-state index >= 15 is 0 Å². The fourth-order valence-electron chi connectivity index (χ4n) is 4.79. The van der Waals surface area contributed by atoms with Crippen LogP contribution in [0.1, 0.15) is 72.1 Å². The average molecular weight is 517 g/mol. The van der Waals surface area contributed by atoms with Gasteiger partial charge in [0.25, 0.3) is 0 Å². The van der Waals surface area contributed by atoms with Crippen LogP contribution in [0.2, 0.25) is 0 Å². The first-order chi connectivity index (χ1) is 17.2. The van der Waals surface area contributed by atoms with Gasteiger partial charge in [-0.2, -0.15) is 0 Å². The molecule has 1 N–H and O–H groups in total. The summed E-state index contributed by atoms with van der Waals surface area (Å²) in [5, 5.41) is 9.18. The van der Waals surface area contributed by atoms with Crippen molar-refractivity contribution in [1.82, 2.24) is 0 Å². The Kier molecular flexibility index (Phi) is 15.3. The molecule has 0 aliphatic carbocycles. The lowest BCUT2D eigenvalue weighted by molar-refractivity contribution is -0.158. The van der Waals surface area contributed by atoms with Crippen molar-refractivity contribution in [3.63, 3.8) is 0 Å². The van der Waals surface area contributed by atoms with E-state index in [4.69, 9.17) is 14.2 Å². The van der Waals surface area contributed by atoms with Crippen LogP contribution in [0.3, 0.4) is 0 Å². The summed E-state index contributed by atoms with van der Waals surface area (Å²) in [5.41, 5.74) is 0. The van der Waals surface area contributed by atoms with Gasteiger partial charge in [-0.05, 0) is 57.3 Å². The Morgan fingerprint density at radius 1 is 0.806 bits per heavy atom. The van der Waals surface area contributed by atoms with E-state index in [1.807, 2.05) is 6.92 Å². The van der Waals surface area contributed by atoms with Crippen LogP contribution in [-0.2, 0) is 42.9 Å². The topological polar surface area (TPSA) is 135 Å². The van der Waals surface area contributed by atoms with Gasteiger partial charge < -0.3 is 28.8 Å². The molecule has 0 radical (unpaired) electrons. The summed E-state index contributed by atoms with van der Waals surface area (Å²) in [6, 6.07) is 0. The van der Waals surface area contributed by atoms with Gasteiger partial charge in [-0.15, -0.1) is 0 Å². The number of rotatable bonds is 11. The molecule has 6 atom stereocenters. The lowest BCUT2D eigenvalue weighted by Gasteiger charge is -2.32. The second-order valence-corrected chi connectivity index (χ2v) is 9.23. The minimum Gasteiger partial charge on any atom is -0.481 e. The molecule has 0 unspecified atom stereocenters. The SMILES string of the molecule is CCOC(=O)[C@H](CC(=O)OC)[C@H]1CCO[C@H](CC)C1.CC[C@@H]1C[C@@H]([C@@H](CC(=O)OC)C(=O)O)CCO1. The summed E-state index contributed by atoms with van der Waals surface area (Å²) in [4.78, 5) is 45.9. The number of carbonyl (C=O) groups is 4. The highest BCUT2D eigenvalue weighted by atomic mass is 16.5. The second kappa shape index (κ2) is 17.3. The number of ether oxygens (including phenoxy) is 5. The highest BCUT2D eigenvalue weighted by Crippen LogP contribution is 2.32. The fourth-order valence-corrected chi connectivity index (χ4v) is 4.79. The van der Waals surface area contributed by atoms with Gasteiger partial charge in [-0.1, -0.05) is 13.8 Å². The first-order valence-corrected chi connectivity index (χ1v) is 13.0. The van der Waals surface area contributed by atoms with Crippen molar-refractivity contribution in [2.45, 2.75) is 84.3 Å². The molecule has 0 aromatic carbocycles. The fraction of sp³-hybridized carbons (Fsp3) is 0.846. The monoisotopic (exact) mass is 516 g/mol. The molecule has 2 aliphatic heterocycles. The predicted molar refractivity (Wildman–Crippen MR) is 130 cm³/mol. The Morgan fingerprint density at radius 3 is 1.64 bits per heavy atom. The molecule has 2 fully saturated rings. The molecule has 0 aromatic rings. The third-order valence-corrected chi connectivity index (χ3v) is 7.00. The van der Waals surface area contributed by atoms with Gasteiger partial charge in [0, 0.05) is 13.2 Å². The third-order valence-electron chi connectivity index (χ3n) is 7.00. The predicted octanol–water partition coefficient (Wildman–Crippen LogP) is 3.39. The zero-order valence-corrected chi connectivity index (χ0v) is 22.4. The van der Waals surface area contributed by atoms with Gasteiger partial charge in [0.2, 0.25) is 0 Å². The third kappa shape index (κ3) is 10.8. The van der Waals surface area contributed by atoms with Crippen LogP contribution in [0, 0.1) is 23.7 Å². The van der Waals surface area contributed by atoms with Crippen LogP contribution in [0.15, 0.2) is 0 Å². The van der Waals surface area contributed by atoms with E-state index in [9.17, 15) is 24.3 Å². The van der Waals surface area contributed by atoms with Crippen molar-refractivity contribution in [3.8, 4) is 0 Å². The van der Waals surface area contributed by atoms with E-state index in [1.165, 1.54) is 14.2 Å². The first-order valence-electron chi connectivity index (χ1n) is 13.0. The number of aliphatic carboxylic acids is 1. The van der Waals surface area contributed by atoms with Gasteiger partial charge in [-0.25, -0.2) is 0 Å². The standard InChI is InChI=1S/C14H24O5.C12H20O5/c1-4-11-8-10(6-7-19-11)12(9-13(15)17-3)14(16)18-5-2;1-3-9-6-8(4-5-17-9)10(12(14)15)7-11(13)16-2/h10-12H,4-9H2,1-3H3;8-10H,3-7H2,1-2H3,(H,14,15)/t10-,11+,12+;8-,9+,10+/m00/s1. The lowest BCUT2D eigenvalue weighted by atomic mass is 9.81. The molecule has 0 saturated carbocycles. The van der Waals surface area contributed by atoms with E-state index in [0.717, 1.165) is 25.7 Å². The van der Waals surface area contributed by atoms with Gasteiger partial charge in [0.05, 0.1) is 57.7 Å². The second-order valence-electron chi connectivity index (χ2n) is 9.23. The van der Waals surface area contributed by atoms with Gasteiger partial charge in [0.15, 0.2) is 0 Å². The number of carbonyl (C=O) groups excluding carboxylic acids is 3. The van der Waals surface area contributed by atoms with Crippen LogP contribution in [-0.4, -0.2) is 75.2 Å². The maximum absolute atomic E-state index is 12.0. The number of methoxy groups -OCH3 is 2. The highest BCUT2D eigenvalue weighted by molar-refractivity contribution is 5.80. The van der Waals surface area contributed by atoms with E-state index < -0.39 is 23.8 Å². The molecule has 2 saturated heterocycles. The Balaban J connectivity index is 0.000000362. The number of hydrogen-bond acceptors (Lipinski definition) is 9. The lowest BCUT2D eigenvalue weighted by Crippen LogP contribution is -2.35. The van der Waals surface area contributed by atoms with Gasteiger partial charge in [0.1, 0.15) is 0 Å². The zero-order valence-electron chi connectivity index (χ0n) is 22.4. The summed E-state index contributed by atoms with van der Waals surface area (Å²) in [7, 11) is 2.61. The van der Waals surface area contributed by atoms with E-state index in [-0.39, 0.29) is 48.8 Å². The Bertz CT molecular complexity index is 694. The number of esters is 3. The highest BCUT2D eigenvalue weighted by Gasteiger charge is 2.36. The van der Waals surface area contributed by atoms with Crippen molar-refractivity contribution in [2.24, 2.45) is 23.7 Å². The van der Waals surface area contributed by atoms with Crippen molar-refractivity contribution >= 4 is 23.9 Å². The molecule has 2 aliphatic rings. The van der Waals surface area contributed by atoms with Crippen molar-refractivity contribution < 1.29 is 48.0 Å². The van der Waals surface area contributed by atoms with Crippen molar-refractivity contribution in [2.75, 3.05) is 34.0 Å². The minimum atomic E-state index is -0.919. The van der Waals surface area contributed by atoms with Crippen LogP contribution >= 0.6 is 0 Å². The first kappa shape index (κ1) is 31.8. The molecule has 36 heavy (non-hydrogen) atoms. The molecule has 10 nitrogen and oxygen atoms in total. The van der Waals surface area contributed by atoms with Crippen molar-refractivity contribution in [1.29, 1.82) is 0 Å². The normalized spacial score (nSPS) is 25.4. The molecular formula is C26H44O10. The Labute approximate surface area is 214 Å². The Hall–Kier alpha value is -2.20. The van der Waals surface area contributed by atoms with E-state index in [2.05, 4.69) is 16.4 Å². The summed E-state index contributed by atoms with van der Waals surface area (Å²) in [6.45, 7) is 7.40. The number of hydrogen-bond donors (Lipinski definition) is 1. The van der Waals surface area contributed by atoms with Crippen molar-refractivity contribution in [3.05, 3.63) is 0 Å². The summed E-state index contributed by atoms with van der Waals surface area (Å²) in [5.74, 6) is -2.96. The maximum Gasteiger partial charge on any atom is 0.309 e. The molecule has 2 rings (SSSR count). The summed E-state index contributed by atoms with van der Waals surface area (Å²) >= 11 is 0. The van der Waals surface area contributed by atoms with Gasteiger partial charge >= 0.3 is 23.9 Å². The molecule has 208 valence electrons. The van der Waals surface area contributed by atoms with Crippen LogP contribution < -0.4 is 0 Å². The Morgan fingerprint density at radius 2 is 1.25 bits per heavy atom. The largest absolute Gasteiger partial charge is 0.481 e. The molecular weight excluding hydrogens is 472 g/mol. The molecule has 0 amide bonds. The number of carboxylic acids is 1. The maximum atomic E-state index is 12.0. The van der Waals surface area contributed by atoms with E-state index in [1.54, 1.807) is 6.92 Å². The van der Waals surface area contributed by atoms with Crippen LogP contribution in [0.5, 0.6) is 0 Å². The quantitative estimate of drug-likeness (QED) is 0.321. The molecule has 0 bridgehead atoms. The molecule has 0 spiro atoms. The zero-order chi connectivity index (χ0) is 27.1. The molecule has 2 heterocycles. The van der Waals surface area contributed by atoms with Crippen LogP contribution in [0.4, 0.5) is 0 Å². The van der Waals surface area contributed by atoms with Crippen LogP contribution in [0.25, 0.3) is 0 Å². The average Bonchev–Trinajstić information content (AvgIpc) is 2.90. The summed E-state index contributed by atoms with van der Waals surface area (Å²) < 4.78 is 25.4. The smallest absolute Gasteiger partial charge is 0.309 e. The molecule has 10 heteroatoms.